The summed E-state index contributed by atoms with van der Waals surface area (Å²) in [5.41, 5.74) is 3.15. The largest absolute Gasteiger partial charge is 0.489 e. The van der Waals surface area contributed by atoms with Crippen LogP contribution in [0.4, 0.5) is 0 Å². The lowest BCUT2D eigenvalue weighted by Crippen LogP contribution is -2.04. The molecule has 0 saturated heterocycles. The van der Waals surface area contributed by atoms with Gasteiger partial charge in [0.05, 0.1) is 24.1 Å². The molecule has 5 heteroatoms. The van der Waals surface area contributed by atoms with Gasteiger partial charge in [-0.3, -0.25) is 9.48 Å². The molecular weight excluding hydrogens is 364 g/mol. The molecule has 0 amide bonds. The highest BCUT2D eigenvalue weighted by molar-refractivity contribution is 5.82. The van der Waals surface area contributed by atoms with Crippen LogP contribution in [0.15, 0.2) is 48.7 Å². The van der Waals surface area contributed by atoms with E-state index in [9.17, 15) is 4.79 Å². The van der Waals surface area contributed by atoms with E-state index in [2.05, 4.69) is 39.8 Å². The van der Waals surface area contributed by atoms with Crippen molar-refractivity contribution in [2.45, 2.75) is 45.3 Å². The van der Waals surface area contributed by atoms with Crippen LogP contribution in [0, 0.1) is 17.8 Å². The van der Waals surface area contributed by atoms with Gasteiger partial charge in [-0.25, -0.2) is 0 Å². The Hall–Kier alpha value is -3.26. The minimum absolute atomic E-state index is 0.00606. The molecule has 0 unspecified atom stereocenters. The predicted molar refractivity (Wildman–Crippen MR) is 112 cm³/mol. The number of carbonyl (C=O) groups is 1. The van der Waals surface area contributed by atoms with Crippen molar-refractivity contribution in [3.8, 4) is 17.6 Å². The van der Waals surface area contributed by atoms with E-state index in [0.29, 0.717) is 6.61 Å². The van der Waals surface area contributed by atoms with Crippen molar-refractivity contribution in [3.05, 3.63) is 59.8 Å². The maximum atomic E-state index is 11.1. The average molecular weight is 388 g/mol. The van der Waals surface area contributed by atoms with E-state index >= 15 is 0 Å². The van der Waals surface area contributed by atoms with Crippen LogP contribution in [0.3, 0.4) is 0 Å². The zero-order valence-electron chi connectivity index (χ0n) is 16.5. The van der Waals surface area contributed by atoms with Gasteiger partial charge < -0.3 is 9.84 Å². The van der Waals surface area contributed by atoms with Crippen LogP contribution in [0.5, 0.6) is 5.75 Å². The first kappa shape index (κ1) is 19.1. The lowest BCUT2D eigenvalue weighted by molar-refractivity contribution is -0.137. The predicted octanol–water partition coefficient (Wildman–Crippen LogP) is 4.61. The van der Waals surface area contributed by atoms with Gasteiger partial charge in [0.2, 0.25) is 0 Å². The lowest BCUT2D eigenvalue weighted by atomic mass is 9.96. The van der Waals surface area contributed by atoms with E-state index in [0.717, 1.165) is 40.2 Å². The zero-order valence-corrected chi connectivity index (χ0v) is 16.5. The number of carboxylic acid groups (broad SMARTS) is 1. The van der Waals surface area contributed by atoms with Gasteiger partial charge in [-0.15, -0.1) is 5.92 Å². The van der Waals surface area contributed by atoms with Crippen LogP contribution in [0.1, 0.15) is 43.2 Å². The number of benzene rings is 2. The number of aliphatic carboxylic acids is 1. The van der Waals surface area contributed by atoms with E-state index in [1.54, 1.807) is 6.92 Å². The number of carboxylic acids is 1. The highest BCUT2D eigenvalue weighted by Crippen LogP contribution is 2.32. The van der Waals surface area contributed by atoms with Crippen LogP contribution in [-0.4, -0.2) is 20.9 Å². The number of aromatic nitrogens is 2. The molecule has 5 nitrogen and oxygen atoms in total. The first-order chi connectivity index (χ1) is 14.1. The maximum absolute atomic E-state index is 11.1. The molecule has 1 heterocycles. The van der Waals surface area contributed by atoms with Crippen molar-refractivity contribution in [2.75, 3.05) is 0 Å². The Kier molecular flexibility index (Phi) is 5.53. The Labute approximate surface area is 170 Å². The standard InChI is InChI=1S/C24H24N2O3/c1-2-4-19(13-24(27)28)18-9-11-21(12-10-18)29-16-20-5-3-6-23-22(20)14-25-26(23)15-17-7-8-17/h3,5-6,9-12,14,17,19H,7-8,13,15-16H2,1H3,(H,27,28)/t19-/m0/s1. The molecule has 0 bridgehead atoms. The van der Waals surface area contributed by atoms with E-state index in [4.69, 9.17) is 9.84 Å². The molecular formula is C24H24N2O3. The SMILES string of the molecule is CC#C[C@@H](CC(=O)O)c1ccc(OCc2cccc3c2cnn3CC2CC2)cc1. The lowest BCUT2D eigenvalue weighted by Gasteiger charge is -2.11. The maximum Gasteiger partial charge on any atom is 0.304 e. The summed E-state index contributed by atoms with van der Waals surface area (Å²) in [6.45, 7) is 3.17. The van der Waals surface area contributed by atoms with Crippen molar-refractivity contribution in [3.63, 3.8) is 0 Å². The van der Waals surface area contributed by atoms with Crippen molar-refractivity contribution in [1.29, 1.82) is 0 Å². The molecule has 1 aliphatic carbocycles. The zero-order chi connectivity index (χ0) is 20.2. The molecule has 1 atom stereocenters. The quantitative estimate of drug-likeness (QED) is 0.573. The number of hydrogen-bond acceptors (Lipinski definition) is 3. The van der Waals surface area contributed by atoms with Gasteiger partial charge in [0.25, 0.3) is 0 Å². The second kappa shape index (κ2) is 8.40. The summed E-state index contributed by atoms with van der Waals surface area (Å²) >= 11 is 0. The number of hydrogen-bond donors (Lipinski definition) is 1. The number of ether oxygens (including phenoxy) is 1. The van der Waals surface area contributed by atoms with Crippen LogP contribution in [0.25, 0.3) is 10.9 Å². The summed E-state index contributed by atoms with van der Waals surface area (Å²) < 4.78 is 8.09. The summed E-state index contributed by atoms with van der Waals surface area (Å²) in [4.78, 5) is 11.1. The van der Waals surface area contributed by atoms with Crippen molar-refractivity contribution in [1.82, 2.24) is 9.78 Å². The Morgan fingerprint density at radius 1 is 1.28 bits per heavy atom. The molecule has 1 N–H and O–H groups in total. The van der Waals surface area contributed by atoms with Gasteiger partial charge in [-0.2, -0.15) is 5.10 Å². The van der Waals surface area contributed by atoms with Gasteiger partial charge in [0.1, 0.15) is 12.4 Å². The van der Waals surface area contributed by atoms with E-state index in [1.165, 1.54) is 12.8 Å². The van der Waals surface area contributed by atoms with Crippen molar-refractivity contribution < 1.29 is 14.6 Å². The smallest absolute Gasteiger partial charge is 0.304 e. The fourth-order valence-electron chi connectivity index (χ4n) is 3.54. The Morgan fingerprint density at radius 3 is 2.76 bits per heavy atom. The van der Waals surface area contributed by atoms with E-state index in [-0.39, 0.29) is 12.3 Å². The molecule has 0 radical (unpaired) electrons. The minimum atomic E-state index is -0.853. The van der Waals surface area contributed by atoms with Gasteiger partial charge in [-0.05, 0) is 49.4 Å². The number of nitrogens with zero attached hydrogens (tertiary/aromatic N) is 2. The van der Waals surface area contributed by atoms with Gasteiger partial charge in [-0.1, -0.05) is 30.2 Å². The fourth-order valence-corrected chi connectivity index (χ4v) is 3.54. The van der Waals surface area contributed by atoms with Crippen LogP contribution >= 0.6 is 0 Å². The first-order valence-electron chi connectivity index (χ1n) is 9.94. The molecule has 4 rings (SSSR count). The highest BCUT2D eigenvalue weighted by Gasteiger charge is 2.23. The second-order valence-electron chi connectivity index (χ2n) is 7.52. The third-order valence-corrected chi connectivity index (χ3v) is 5.28. The van der Waals surface area contributed by atoms with Crippen molar-refractivity contribution >= 4 is 16.9 Å². The van der Waals surface area contributed by atoms with Gasteiger partial charge >= 0.3 is 5.97 Å². The molecule has 0 spiro atoms. The highest BCUT2D eigenvalue weighted by atomic mass is 16.5. The second-order valence-corrected chi connectivity index (χ2v) is 7.52. The van der Waals surface area contributed by atoms with Crippen molar-refractivity contribution in [2.24, 2.45) is 5.92 Å². The van der Waals surface area contributed by atoms with Gasteiger partial charge in [0.15, 0.2) is 0 Å². The molecule has 1 fully saturated rings. The monoisotopic (exact) mass is 388 g/mol. The van der Waals surface area contributed by atoms with E-state index in [1.807, 2.05) is 30.5 Å². The summed E-state index contributed by atoms with van der Waals surface area (Å²) in [5, 5.41) is 14.8. The number of fused-ring (bicyclic) bond motifs is 1. The molecule has 29 heavy (non-hydrogen) atoms. The van der Waals surface area contributed by atoms with E-state index < -0.39 is 5.97 Å². The molecule has 1 aromatic heterocycles. The molecule has 148 valence electrons. The Morgan fingerprint density at radius 2 is 2.07 bits per heavy atom. The number of rotatable bonds is 8. The molecule has 1 saturated carbocycles. The topological polar surface area (TPSA) is 64.3 Å². The third-order valence-electron chi connectivity index (χ3n) is 5.28. The average Bonchev–Trinajstić information content (AvgIpc) is 3.44. The molecule has 1 aliphatic rings. The molecule has 3 aromatic rings. The molecule has 0 aliphatic heterocycles. The summed E-state index contributed by atoms with van der Waals surface area (Å²) in [7, 11) is 0. The Bertz CT molecular complexity index is 1070. The summed E-state index contributed by atoms with van der Waals surface area (Å²) in [6, 6.07) is 13.8. The van der Waals surface area contributed by atoms with Crippen LogP contribution < -0.4 is 4.74 Å². The third kappa shape index (κ3) is 4.60. The summed E-state index contributed by atoms with van der Waals surface area (Å²) in [5.74, 6) is 6.14. The summed E-state index contributed by atoms with van der Waals surface area (Å²) in [6.07, 6.45) is 4.53. The minimum Gasteiger partial charge on any atom is -0.489 e. The first-order valence-corrected chi connectivity index (χ1v) is 9.94. The fraction of sp³-hybridized carbons (Fsp3) is 0.333. The van der Waals surface area contributed by atoms with Gasteiger partial charge in [0, 0.05) is 17.5 Å². The Balaban J connectivity index is 1.45. The van der Waals surface area contributed by atoms with Crippen LogP contribution in [-0.2, 0) is 17.9 Å². The van der Waals surface area contributed by atoms with Crippen LogP contribution in [0.2, 0.25) is 0 Å². The normalized spacial score (nSPS) is 14.2. The molecule has 2 aromatic carbocycles.